The van der Waals surface area contributed by atoms with Crippen molar-refractivity contribution in [2.45, 2.75) is 39.4 Å². The number of quaternary nitrogens is 1. The van der Waals surface area contributed by atoms with Gasteiger partial charge in [0.05, 0.1) is 13.0 Å². The largest absolute Gasteiger partial charge is 0.364 e. The predicted molar refractivity (Wildman–Crippen MR) is 98.9 cm³/mol. The third-order valence-electron chi connectivity index (χ3n) is 4.03. The number of hydrazine groups is 1. The number of aryl methyl sites for hydroxylation is 1. The van der Waals surface area contributed by atoms with Crippen LogP contribution in [0.5, 0.6) is 0 Å². The fourth-order valence-electron chi connectivity index (χ4n) is 2.94. The van der Waals surface area contributed by atoms with E-state index in [-0.39, 0.29) is 18.1 Å². The Morgan fingerprint density at radius 2 is 1.92 bits per heavy atom. The molecular formula is C17H27N4O2S+. The number of carbonyl (C=O) groups excluding carboxylic acids is 1. The standard InChI is InChI=1S/C17H26N4O2S/c1-12-6-4-5-7-15(12)18-17(24)20-19-16(22)8-9-21-10-13(2)23-14(3)11-21/h4-7,13-14H,8-11H2,1-3H3,(H,19,22)(H2,18,20,24)/p+1/t13-,14-/m1/s1. The summed E-state index contributed by atoms with van der Waals surface area (Å²) < 4.78 is 5.71. The molecule has 2 rings (SSSR count). The van der Waals surface area contributed by atoms with E-state index in [1.165, 1.54) is 4.90 Å². The molecule has 132 valence electrons. The Morgan fingerprint density at radius 1 is 1.25 bits per heavy atom. The number of thiocarbonyl (C=S) groups is 1. The number of hydrogen-bond acceptors (Lipinski definition) is 3. The van der Waals surface area contributed by atoms with Crippen LogP contribution in [0.4, 0.5) is 5.69 Å². The van der Waals surface area contributed by atoms with Crippen LogP contribution >= 0.6 is 12.2 Å². The van der Waals surface area contributed by atoms with E-state index in [9.17, 15) is 4.79 Å². The highest BCUT2D eigenvalue weighted by molar-refractivity contribution is 7.80. The van der Waals surface area contributed by atoms with Crippen LogP contribution < -0.4 is 21.1 Å². The molecule has 1 aromatic rings. The molecule has 0 radical (unpaired) electrons. The lowest BCUT2D eigenvalue weighted by Gasteiger charge is -2.32. The van der Waals surface area contributed by atoms with E-state index >= 15 is 0 Å². The lowest BCUT2D eigenvalue weighted by Crippen LogP contribution is -3.15. The maximum atomic E-state index is 12.0. The molecule has 6 nitrogen and oxygen atoms in total. The summed E-state index contributed by atoms with van der Waals surface area (Å²) >= 11 is 5.20. The first-order valence-corrected chi connectivity index (χ1v) is 8.75. The maximum Gasteiger partial charge on any atom is 0.244 e. The minimum Gasteiger partial charge on any atom is -0.364 e. The highest BCUT2D eigenvalue weighted by Gasteiger charge is 2.25. The Balaban J connectivity index is 1.67. The van der Waals surface area contributed by atoms with Gasteiger partial charge >= 0.3 is 0 Å². The highest BCUT2D eigenvalue weighted by Crippen LogP contribution is 2.12. The summed E-state index contributed by atoms with van der Waals surface area (Å²) in [4.78, 5) is 13.4. The molecule has 7 heteroatoms. The summed E-state index contributed by atoms with van der Waals surface area (Å²) in [6.45, 7) is 8.83. The van der Waals surface area contributed by atoms with Crippen LogP contribution in [0.25, 0.3) is 0 Å². The number of anilines is 1. The van der Waals surface area contributed by atoms with Crippen molar-refractivity contribution in [1.82, 2.24) is 10.9 Å². The average molecular weight is 351 g/mol. The van der Waals surface area contributed by atoms with Crippen molar-refractivity contribution in [1.29, 1.82) is 0 Å². The summed E-state index contributed by atoms with van der Waals surface area (Å²) in [6, 6.07) is 7.84. The molecule has 0 bridgehead atoms. The number of benzene rings is 1. The van der Waals surface area contributed by atoms with Crippen molar-refractivity contribution in [3.8, 4) is 0 Å². The van der Waals surface area contributed by atoms with E-state index in [0.717, 1.165) is 30.9 Å². The van der Waals surface area contributed by atoms with Crippen molar-refractivity contribution < 1.29 is 14.4 Å². The van der Waals surface area contributed by atoms with Gasteiger partial charge in [-0.2, -0.15) is 0 Å². The zero-order valence-corrected chi connectivity index (χ0v) is 15.3. The van der Waals surface area contributed by atoms with Crippen LogP contribution in [0, 0.1) is 6.92 Å². The van der Waals surface area contributed by atoms with Crippen molar-refractivity contribution in [2.75, 3.05) is 25.0 Å². The van der Waals surface area contributed by atoms with Crippen molar-refractivity contribution in [3.05, 3.63) is 29.8 Å². The molecule has 1 amide bonds. The van der Waals surface area contributed by atoms with Gasteiger partial charge in [0.15, 0.2) is 5.11 Å². The van der Waals surface area contributed by atoms with Gasteiger partial charge in [-0.1, -0.05) is 18.2 Å². The van der Waals surface area contributed by atoms with Crippen molar-refractivity contribution in [2.24, 2.45) is 0 Å². The van der Waals surface area contributed by atoms with Crippen LogP contribution in [0.2, 0.25) is 0 Å². The molecule has 1 aliphatic rings. The molecule has 1 saturated heterocycles. The van der Waals surface area contributed by atoms with E-state index in [1.54, 1.807) is 0 Å². The summed E-state index contributed by atoms with van der Waals surface area (Å²) in [7, 11) is 0. The van der Waals surface area contributed by atoms with Crippen LogP contribution in [0.15, 0.2) is 24.3 Å². The molecule has 1 aromatic carbocycles. The smallest absolute Gasteiger partial charge is 0.244 e. The molecule has 0 unspecified atom stereocenters. The second kappa shape index (κ2) is 8.96. The third-order valence-corrected chi connectivity index (χ3v) is 4.24. The Hall–Kier alpha value is -1.70. The van der Waals surface area contributed by atoms with Crippen LogP contribution in [0.3, 0.4) is 0 Å². The zero-order valence-electron chi connectivity index (χ0n) is 14.5. The summed E-state index contributed by atoms with van der Waals surface area (Å²) in [5, 5.41) is 3.44. The van der Waals surface area contributed by atoms with Crippen molar-refractivity contribution in [3.63, 3.8) is 0 Å². The van der Waals surface area contributed by atoms with E-state index in [0.29, 0.717) is 11.5 Å². The number of nitrogens with one attached hydrogen (secondary N) is 4. The number of para-hydroxylation sites is 1. The fraction of sp³-hybridized carbons (Fsp3) is 0.529. The molecule has 2 atom stereocenters. The minimum absolute atomic E-state index is 0.0665. The van der Waals surface area contributed by atoms with Gasteiger partial charge in [0.1, 0.15) is 25.3 Å². The van der Waals surface area contributed by atoms with Gasteiger partial charge in [0, 0.05) is 5.69 Å². The third kappa shape index (κ3) is 6.07. The van der Waals surface area contributed by atoms with Gasteiger partial charge in [-0.25, -0.2) is 0 Å². The first-order chi connectivity index (χ1) is 11.4. The van der Waals surface area contributed by atoms with Gasteiger partial charge < -0.3 is 15.0 Å². The maximum absolute atomic E-state index is 12.0. The second-order valence-electron chi connectivity index (χ2n) is 6.36. The molecule has 1 heterocycles. The topological polar surface area (TPSA) is 66.8 Å². The lowest BCUT2D eigenvalue weighted by atomic mass is 10.2. The molecule has 0 aromatic heterocycles. The van der Waals surface area contributed by atoms with Gasteiger partial charge in [-0.05, 0) is 44.6 Å². The number of morpholine rings is 1. The molecule has 0 saturated carbocycles. The SMILES string of the molecule is Cc1ccccc1NC(=S)NNC(=O)CC[NH+]1C[C@@H](C)O[C@H](C)C1. The monoisotopic (exact) mass is 351 g/mol. The molecule has 0 aliphatic carbocycles. The zero-order chi connectivity index (χ0) is 17.5. The number of hydrogen-bond donors (Lipinski definition) is 4. The second-order valence-corrected chi connectivity index (χ2v) is 6.77. The van der Waals surface area contributed by atoms with E-state index < -0.39 is 0 Å². The van der Waals surface area contributed by atoms with Gasteiger partial charge in [-0.3, -0.25) is 15.6 Å². The van der Waals surface area contributed by atoms with Crippen LogP contribution in [0.1, 0.15) is 25.8 Å². The Bertz CT molecular complexity index is 571. The Labute approximate surface area is 148 Å². The quantitative estimate of drug-likeness (QED) is 0.467. The highest BCUT2D eigenvalue weighted by atomic mass is 32.1. The number of carbonyl (C=O) groups is 1. The molecule has 24 heavy (non-hydrogen) atoms. The summed E-state index contributed by atoms with van der Waals surface area (Å²) in [6.07, 6.45) is 0.945. The predicted octanol–water partition coefficient (Wildman–Crippen LogP) is 0.395. The molecule has 0 spiro atoms. The minimum atomic E-state index is -0.0665. The number of ether oxygens (including phenoxy) is 1. The first-order valence-electron chi connectivity index (χ1n) is 8.34. The van der Waals surface area contributed by atoms with Gasteiger partial charge in [0.2, 0.25) is 5.91 Å². The molecule has 4 N–H and O–H groups in total. The summed E-state index contributed by atoms with van der Waals surface area (Å²) in [5.74, 6) is -0.0665. The van der Waals surface area contributed by atoms with Crippen molar-refractivity contribution >= 4 is 28.9 Å². The first kappa shape index (κ1) is 18.6. The Kier molecular flexibility index (Phi) is 6.96. The molecule has 1 fully saturated rings. The molecular weight excluding hydrogens is 324 g/mol. The van der Waals surface area contributed by atoms with Crippen LogP contribution in [-0.2, 0) is 9.53 Å². The lowest BCUT2D eigenvalue weighted by molar-refractivity contribution is -0.914. The van der Waals surface area contributed by atoms with E-state index in [1.807, 2.05) is 31.2 Å². The van der Waals surface area contributed by atoms with Gasteiger partial charge in [-0.15, -0.1) is 0 Å². The average Bonchev–Trinajstić information content (AvgIpc) is 2.52. The van der Waals surface area contributed by atoms with E-state index in [4.69, 9.17) is 17.0 Å². The van der Waals surface area contributed by atoms with Crippen LogP contribution in [-0.4, -0.2) is 42.9 Å². The Morgan fingerprint density at radius 3 is 2.58 bits per heavy atom. The summed E-state index contributed by atoms with van der Waals surface area (Å²) in [5.41, 5.74) is 7.41. The fourth-order valence-corrected chi connectivity index (χ4v) is 3.10. The van der Waals surface area contributed by atoms with Gasteiger partial charge in [0.25, 0.3) is 0 Å². The molecule has 1 aliphatic heterocycles. The van der Waals surface area contributed by atoms with E-state index in [2.05, 4.69) is 30.0 Å². The number of amides is 1. The number of rotatable bonds is 4. The normalized spacial score (nSPS) is 23.4.